The van der Waals surface area contributed by atoms with Crippen molar-refractivity contribution in [2.45, 2.75) is 32.1 Å². The monoisotopic (exact) mass is 313 g/mol. The van der Waals surface area contributed by atoms with E-state index in [1.54, 1.807) is 7.11 Å². The third-order valence-corrected chi connectivity index (χ3v) is 4.10. The molecule has 120 valence electrons. The molecule has 1 aliphatic rings. The molecule has 1 fully saturated rings. The number of nitrogens with zero attached hydrogens (tertiary/aromatic N) is 1. The summed E-state index contributed by atoms with van der Waals surface area (Å²) in [5.41, 5.74) is 1.91. The van der Waals surface area contributed by atoms with Crippen LogP contribution in [0.3, 0.4) is 0 Å². The summed E-state index contributed by atoms with van der Waals surface area (Å²) in [6.45, 7) is 3.83. The fourth-order valence-electron chi connectivity index (χ4n) is 2.64. The molecular formula is C18H19NO4. The second-order valence-corrected chi connectivity index (χ2v) is 5.66. The Hall–Kier alpha value is -2.40. The van der Waals surface area contributed by atoms with E-state index in [0.717, 1.165) is 28.4 Å². The summed E-state index contributed by atoms with van der Waals surface area (Å²) < 4.78 is 16.7. The highest BCUT2D eigenvalue weighted by Crippen LogP contribution is 2.39. The molecule has 0 bridgehead atoms. The van der Waals surface area contributed by atoms with Crippen molar-refractivity contribution >= 4 is 0 Å². The van der Waals surface area contributed by atoms with Crippen molar-refractivity contribution in [3.63, 3.8) is 0 Å². The van der Waals surface area contributed by atoms with E-state index in [4.69, 9.17) is 14.2 Å². The highest BCUT2D eigenvalue weighted by atomic mass is 16.5. The molecule has 23 heavy (non-hydrogen) atoms. The number of methoxy groups -OCH3 is 1. The van der Waals surface area contributed by atoms with E-state index >= 15 is 0 Å². The molecule has 3 rings (SSSR count). The Balaban J connectivity index is 1.81. The minimum absolute atomic E-state index is 0.134. The van der Waals surface area contributed by atoms with E-state index in [9.17, 15) is 4.91 Å². The van der Waals surface area contributed by atoms with Crippen LogP contribution in [0.5, 0.6) is 17.2 Å². The fraction of sp³-hybridized carbons (Fsp3) is 0.333. The Morgan fingerprint density at radius 2 is 1.78 bits per heavy atom. The van der Waals surface area contributed by atoms with Crippen molar-refractivity contribution in [1.29, 1.82) is 0 Å². The highest BCUT2D eigenvalue weighted by Gasteiger charge is 2.42. The van der Waals surface area contributed by atoms with Crippen molar-refractivity contribution in [2.75, 3.05) is 7.11 Å². The lowest BCUT2D eigenvalue weighted by molar-refractivity contribution is -0.137. The van der Waals surface area contributed by atoms with Gasteiger partial charge in [-0.3, -0.25) is 0 Å². The van der Waals surface area contributed by atoms with Gasteiger partial charge in [0.1, 0.15) is 29.4 Å². The molecule has 3 atom stereocenters. The van der Waals surface area contributed by atoms with Crippen molar-refractivity contribution in [3.8, 4) is 17.2 Å². The Bertz CT molecular complexity index is 699. The van der Waals surface area contributed by atoms with Gasteiger partial charge in [-0.15, -0.1) is 0 Å². The van der Waals surface area contributed by atoms with Gasteiger partial charge < -0.3 is 14.2 Å². The first kappa shape index (κ1) is 15.5. The van der Waals surface area contributed by atoms with Crippen LogP contribution in [0.2, 0.25) is 0 Å². The van der Waals surface area contributed by atoms with E-state index in [2.05, 4.69) is 5.18 Å². The second kappa shape index (κ2) is 6.38. The number of hydrogen-bond acceptors (Lipinski definition) is 5. The molecule has 2 aromatic rings. The van der Waals surface area contributed by atoms with Crippen LogP contribution < -0.4 is 9.47 Å². The van der Waals surface area contributed by atoms with Gasteiger partial charge in [-0.2, -0.15) is 4.91 Å². The molecule has 0 aliphatic carbocycles. The summed E-state index contributed by atoms with van der Waals surface area (Å²) >= 11 is 0. The Labute approximate surface area is 135 Å². The number of ether oxygens (including phenoxy) is 3. The molecule has 0 aromatic heterocycles. The van der Waals surface area contributed by atoms with Crippen LogP contribution in [0, 0.1) is 11.8 Å². The van der Waals surface area contributed by atoms with Crippen LogP contribution in [-0.2, 0) is 4.74 Å². The Kier molecular flexibility index (Phi) is 4.30. The van der Waals surface area contributed by atoms with Gasteiger partial charge in [0.15, 0.2) is 0 Å². The van der Waals surface area contributed by atoms with Crippen LogP contribution >= 0.6 is 0 Å². The van der Waals surface area contributed by atoms with Gasteiger partial charge >= 0.3 is 0 Å². The van der Waals surface area contributed by atoms with Gasteiger partial charge in [0.2, 0.25) is 0 Å². The number of rotatable bonds is 5. The standard InChI is InChI=1S/C18H19NO4/c1-11-4-5-13(18-17(19-20)12(2)22-18)10-16(11)23-15-8-6-14(21-3)7-9-15/h4-10,12,17-18H,1-3H3. The van der Waals surface area contributed by atoms with Crippen molar-refractivity contribution in [3.05, 3.63) is 58.5 Å². The van der Waals surface area contributed by atoms with E-state index in [1.807, 2.05) is 56.3 Å². The molecule has 0 amide bonds. The molecule has 5 nitrogen and oxygen atoms in total. The first-order valence-corrected chi connectivity index (χ1v) is 7.52. The third kappa shape index (κ3) is 3.05. The van der Waals surface area contributed by atoms with Crippen LogP contribution in [0.25, 0.3) is 0 Å². The molecule has 3 unspecified atom stereocenters. The Morgan fingerprint density at radius 1 is 1.09 bits per heavy atom. The summed E-state index contributed by atoms with van der Waals surface area (Å²) in [6.07, 6.45) is -0.425. The smallest absolute Gasteiger partial charge is 0.148 e. The fourth-order valence-corrected chi connectivity index (χ4v) is 2.64. The maximum Gasteiger partial charge on any atom is 0.148 e. The minimum atomic E-state index is -0.341. The predicted octanol–water partition coefficient (Wildman–Crippen LogP) is 4.39. The summed E-state index contributed by atoms with van der Waals surface area (Å²) in [4.78, 5) is 10.9. The quantitative estimate of drug-likeness (QED) is 0.768. The van der Waals surface area contributed by atoms with E-state index < -0.39 is 0 Å². The lowest BCUT2D eigenvalue weighted by atomic mass is 9.92. The van der Waals surface area contributed by atoms with Gasteiger partial charge in [0, 0.05) is 0 Å². The number of benzene rings is 2. The molecular weight excluding hydrogens is 294 g/mol. The van der Waals surface area contributed by atoms with Crippen molar-refractivity contribution in [2.24, 2.45) is 5.18 Å². The third-order valence-electron chi connectivity index (χ3n) is 4.10. The zero-order chi connectivity index (χ0) is 16.4. The molecule has 5 heteroatoms. The zero-order valence-electron chi connectivity index (χ0n) is 13.4. The molecule has 1 heterocycles. The predicted molar refractivity (Wildman–Crippen MR) is 87.1 cm³/mol. The summed E-state index contributed by atoms with van der Waals surface area (Å²) in [6, 6.07) is 12.9. The minimum Gasteiger partial charge on any atom is -0.497 e. The maximum atomic E-state index is 10.9. The lowest BCUT2D eigenvalue weighted by Crippen LogP contribution is -2.44. The average molecular weight is 313 g/mol. The highest BCUT2D eigenvalue weighted by molar-refractivity contribution is 5.42. The summed E-state index contributed by atoms with van der Waals surface area (Å²) in [5, 5.41) is 3.16. The van der Waals surface area contributed by atoms with Crippen LogP contribution in [0.15, 0.2) is 47.6 Å². The molecule has 1 aliphatic heterocycles. The van der Waals surface area contributed by atoms with Crippen molar-refractivity contribution < 1.29 is 14.2 Å². The van der Waals surface area contributed by atoms with Crippen LogP contribution in [-0.4, -0.2) is 19.3 Å². The topological polar surface area (TPSA) is 57.1 Å². The van der Waals surface area contributed by atoms with Crippen molar-refractivity contribution in [1.82, 2.24) is 0 Å². The molecule has 1 saturated heterocycles. The molecule has 0 saturated carbocycles. The first-order valence-electron chi connectivity index (χ1n) is 7.52. The van der Waals surface area contributed by atoms with Crippen LogP contribution in [0.4, 0.5) is 0 Å². The molecule has 0 spiro atoms. The van der Waals surface area contributed by atoms with Gasteiger partial charge in [0.05, 0.1) is 13.2 Å². The zero-order valence-corrected chi connectivity index (χ0v) is 13.4. The van der Waals surface area contributed by atoms with Gasteiger partial charge in [-0.1, -0.05) is 17.3 Å². The number of nitroso groups, excluding NO2 is 1. The SMILES string of the molecule is COc1ccc(Oc2cc(C3OC(C)C3N=O)ccc2C)cc1. The lowest BCUT2D eigenvalue weighted by Gasteiger charge is -2.38. The first-order chi connectivity index (χ1) is 11.1. The molecule has 0 radical (unpaired) electrons. The number of hydrogen-bond donors (Lipinski definition) is 0. The summed E-state index contributed by atoms with van der Waals surface area (Å²) in [7, 11) is 1.63. The van der Waals surface area contributed by atoms with Crippen LogP contribution in [0.1, 0.15) is 24.2 Å². The second-order valence-electron chi connectivity index (χ2n) is 5.66. The van der Waals surface area contributed by atoms with E-state index in [1.165, 1.54) is 0 Å². The van der Waals surface area contributed by atoms with Gasteiger partial charge in [-0.05, 0) is 55.3 Å². The van der Waals surface area contributed by atoms with Gasteiger partial charge in [0.25, 0.3) is 0 Å². The number of aryl methyl sites for hydroxylation is 1. The largest absolute Gasteiger partial charge is 0.497 e. The normalized spacial score (nSPS) is 23.0. The average Bonchev–Trinajstić information content (AvgIpc) is 2.56. The van der Waals surface area contributed by atoms with E-state index in [-0.39, 0.29) is 18.2 Å². The summed E-state index contributed by atoms with van der Waals surface area (Å²) in [5.74, 6) is 2.24. The maximum absolute atomic E-state index is 10.9. The Morgan fingerprint density at radius 3 is 2.39 bits per heavy atom. The van der Waals surface area contributed by atoms with Gasteiger partial charge in [-0.25, -0.2) is 0 Å². The molecule has 0 N–H and O–H groups in total. The molecule has 2 aromatic carbocycles. The van der Waals surface area contributed by atoms with E-state index in [0.29, 0.717) is 0 Å².